The van der Waals surface area contributed by atoms with Crippen molar-refractivity contribution >= 4 is 5.91 Å². The molecule has 1 fully saturated rings. The van der Waals surface area contributed by atoms with E-state index in [0.717, 1.165) is 32.4 Å². The SMILES string of the molecule is COC1CCCN(CC(=O)N(C)Cc2ccccc2C)CC1. The van der Waals surface area contributed by atoms with Crippen LogP contribution in [0.1, 0.15) is 30.4 Å². The Balaban J connectivity index is 1.85. The lowest BCUT2D eigenvalue weighted by atomic mass is 10.1. The zero-order valence-electron chi connectivity index (χ0n) is 14.0. The average molecular weight is 304 g/mol. The van der Waals surface area contributed by atoms with Crippen LogP contribution in [-0.2, 0) is 16.1 Å². The summed E-state index contributed by atoms with van der Waals surface area (Å²) in [4.78, 5) is 16.5. The molecule has 4 nitrogen and oxygen atoms in total. The molecule has 0 saturated carbocycles. The Morgan fingerprint density at radius 1 is 1.32 bits per heavy atom. The molecule has 1 atom stereocenters. The quantitative estimate of drug-likeness (QED) is 0.838. The molecule has 122 valence electrons. The third kappa shape index (κ3) is 4.82. The van der Waals surface area contributed by atoms with Crippen LogP contribution in [0.4, 0.5) is 0 Å². The Labute approximate surface area is 134 Å². The van der Waals surface area contributed by atoms with E-state index in [1.165, 1.54) is 11.1 Å². The molecule has 2 rings (SSSR count). The first-order chi connectivity index (χ1) is 10.6. The molecule has 1 aliphatic heterocycles. The highest BCUT2D eigenvalue weighted by atomic mass is 16.5. The zero-order chi connectivity index (χ0) is 15.9. The van der Waals surface area contributed by atoms with E-state index >= 15 is 0 Å². The minimum absolute atomic E-state index is 0.194. The van der Waals surface area contributed by atoms with Gasteiger partial charge in [-0.3, -0.25) is 9.69 Å². The molecule has 1 aliphatic rings. The Morgan fingerprint density at radius 2 is 2.09 bits per heavy atom. The summed E-state index contributed by atoms with van der Waals surface area (Å²) in [6, 6.07) is 8.24. The van der Waals surface area contributed by atoms with E-state index < -0.39 is 0 Å². The number of likely N-dealkylation sites (tertiary alicyclic amines) is 1. The second-order valence-electron chi connectivity index (χ2n) is 6.24. The number of methoxy groups -OCH3 is 1. The van der Waals surface area contributed by atoms with Crippen molar-refractivity contribution in [2.24, 2.45) is 0 Å². The number of carbonyl (C=O) groups is 1. The Morgan fingerprint density at radius 3 is 2.82 bits per heavy atom. The van der Waals surface area contributed by atoms with Crippen molar-refractivity contribution in [2.75, 3.05) is 33.8 Å². The maximum atomic E-state index is 12.4. The fourth-order valence-corrected chi connectivity index (χ4v) is 2.96. The molecular formula is C18H28N2O2. The van der Waals surface area contributed by atoms with Crippen molar-refractivity contribution in [2.45, 2.75) is 38.8 Å². The fraction of sp³-hybridized carbons (Fsp3) is 0.611. The van der Waals surface area contributed by atoms with Crippen LogP contribution < -0.4 is 0 Å². The smallest absolute Gasteiger partial charge is 0.236 e. The summed E-state index contributed by atoms with van der Waals surface area (Å²) in [5.41, 5.74) is 2.45. The average Bonchev–Trinajstić information content (AvgIpc) is 2.74. The molecule has 0 spiro atoms. The van der Waals surface area contributed by atoms with E-state index in [1.807, 2.05) is 24.1 Å². The summed E-state index contributed by atoms with van der Waals surface area (Å²) < 4.78 is 5.44. The van der Waals surface area contributed by atoms with Gasteiger partial charge in [0.15, 0.2) is 0 Å². The van der Waals surface area contributed by atoms with Crippen LogP contribution in [0.15, 0.2) is 24.3 Å². The molecule has 22 heavy (non-hydrogen) atoms. The van der Waals surface area contributed by atoms with Gasteiger partial charge in [-0.15, -0.1) is 0 Å². The lowest BCUT2D eigenvalue weighted by Gasteiger charge is -2.24. The number of amides is 1. The van der Waals surface area contributed by atoms with Gasteiger partial charge >= 0.3 is 0 Å². The zero-order valence-corrected chi connectivity index (χ0v) is 14.0. The van der Waals surface area contributed by atoms with E-state index in [2.05, 4.69) is 24.0 Å². The second-order valence-corrected chi connectivity index (χ2v) is 6.24. The number of ether oxygens (including phenoxy) is 1. The minimum atomic E-state index is 0.194. The topological polar surface area (TPSA) is 32.8 Å². The maximum Gasteiger partial charge on any atom is 0.236 e. The highest BCUT2D eigenvalue weighted by Crippen LogP contribution is 2.14. The van der Waals surface area contributed by atoms with Gasteiger partial charge in [0, 0.05) is 27.2 Å². The van der Waals surface area contributed by atoms with Gasteiger partial charge in [0.25, 0.3) is 0 Å². The molecule has 1 aromatic carbocycles. The Hall–Kier alpha value is -1.39. The highest BCUT2D eigenvalue weighted by Gasteiger charge is 2.20. The summed E-state index contributed by atoms with van der Waals surface area (Å²) in [6.07, 6.45) is 3.57. The van der Waals surface area contributed by atoms with Gasteiger partial charge in [0.2, 0.25) is 5.91 Å². The molecule has 1 amide bonds. The number of hydrogen-bond donors (Lipinski definition) is 0. The molecule has 4 heteroatoms. The van der Waals surface area contributed by atoms with Crippen molar-refractivity contribution in [1.29, 1.82) is 0 Å². The molecule has 1 saturated heterocycles. The standard InChI is InChI=1S/C18H28N2O2/c1-15-7-4-5-8-16(15)13-19(2)18(21)14-20-11-6-9-17(22-3)10-12-20/h4-5,7-8,17H,6,9-14H2,1-3H3. The molecule has 1 unspecified atom stereocenters. The summed E-state index contributed by atoms with van der Waals surface area (Å²) in [5, 5.41) is 0. The van der Waals surface area contributed by atoms with Crippen molar-refractivity contribution in [3.05, 3.63) is 35.4 Å². The second kappa shape index (κ2) is 8.30. The lowest BCUT2D eigenvalue weighted by Crippen LogP contribution is -2.38. The maximum absolute atomic E-state index is 12.4. The first-order valence-corrected chi connectivity index (χ1v) is 8.13. The van der Waals surface area contributed by atoms with Gasteiger partial charge in [-0.25, -0.2) is 0 Å². The van der Waals surface area contributed by atoms with Crippen molar-refractivity contribution < 1.29 is 9.53 Å². The van der Waals surface area contributed by atoms with Gasteiger partial charge in [-0.05, 0) is 43.9 Å². The molecule has 0 aromatic heterocycles. The molecular weight excluding hydrogens is 276 g/mol. The molecule has 1 aromatic rings. The minimum Gasteiger partial charge on any atom is -0.381 e. The predicted octanol–water partition coefficient (Wildman–Crippen LogP) is 2.45. The number of rotatable bonds is 5. The van der Waals surface area contributed by atoms with Gasteiger partial charge < -0.3 is 9.64 Å². The number of hydrogen-bond acceptors (Lipinski definition) is 3. The Bertz CT molecular complexity index is 490. The van der Waals surface area contributed by atoms with Crippen molar-refractivity contribution in [3.63, 3.8) is 0 Å². The van der Waals surface area contributed by atoms with Crippen LogP contribution in [0, 0.1) is 6.92 Å². The summed E-state index contributed by atoms with van der Waals surface area (Å²) in [6.45, 7) is 5.22. The first-order valence-electron chi connectivity index (χ1n) is 8.13. The lowest BCUT2D eigenvalue weighted by molar-refractivity contribution is -0.131. The van der Waals surface area contributed by atoms with Crippen LogP contribution >= 0.6 is 0 Å². The number of likely N-dealkylation sites (N-methyl/N-ethyl adjacent to an activating group) is 1. The number of carbonyl (C=O) groups excluding carboxylic acids is 1. The first kappa shape index (κ1) is 17.0. The van der Waals surface area contributed by atoms with E-state index in [0.29, 0.717) is 19.2 Å². The highest BCUT2D eigenvalue weighted by molar-refractivity contribution is 5.78. The van der Waals surface area contributed by atoms with Gasteiger partial charge in [-0.2, -0.15) is 0 Å². The summed E-state index contributed by atoms with van der Waals surface area (Å²) in [5.74, 6) is 0.194. The predicted molar refractivity (Wildman–Crippen MR) is 88.7 cm³/mol. The number of aryl methyl sites for hydroxylation is 1. The van der Waals surface area contributed by atoms with Gasteiger partial charge in [0.05, 0.1) is 12.6 Å². The molecule has 1 heterocycles. The number of nitrogens with zero attached hydrogens (tertiary/aromatic N) is 2. The van der Waals surface area contributed by atoms with Gasteiger partial charge in [-0.1, -0.05) is 24.3 Å². The molecule has 0 aliphatic carbocycles. The third-order valence-corrected chi connectivity index (χ3v) is 4.55. The van der Waals surface area contributed by atoms with E-state index in [4.69, 9.17) is 4.74 Å². The van der Waals surface area contributed by atoms with E-state index in [1.54, 1.807) is 7.11 Å². The Kier molecular flexibility index (Phi) is 6.40. The molecule has 0 bridgehead atoms. The molecule has 0 N–H and O–H groups in total. The summed E-state index contributed by atoms with van der Waals surface area (Å²) >= 11 is 0. The summed E-state index contributed by atoms with van der Waals surface area (Å²) in [7, 11) is 3.67. The van der Waals surface area contributed by atoms with Crippen LogP contribution in [-0.4, -0.2) is 55.6 Å². The van der Waals surface area contributed by atoms with Gasteiger partial charge in [0.1, 0.15) is 0 Å². The van der Waals surface area contributed by atoms with Crippen LogP contribution in [0.5, 0.6) is 0 Å². The van der Waals surface area contributed by atoms with Crippen molar-refractivity contribution in [1.82, 2.24) is 9.80 Å². The van der Waals surface area contributed by atoms with E-state index in [9.17, 15) is 4.79 Å². The van der Waals surface area contributed by atoms with Crippen LogP contribution in [0.2, 0.25) is 0 Å². The van der Waals surface area contributed by atoms with Crippen LogP contribution in [0.3, 0.4) is 0 Å². The molecule has 0 radical (unpaired) electrons. The van der Waals surface area contributed by atoms with Crippen LogP contribution in [0.25, 0.3) is 0 Å². The van der Waals surface area contributed by atoms with Crippen molar-refractivity contribution in [3.8, 4) is 0 Å². The largest absolute Gasteiger partial charge is 0.381 e. The normalized spacial score (nSPS) is 19.7. The van der Waals surface area contributed by atoms with E-state index in [-0.39, 0.29) is 5.91 Å². The monoisotopic (exact) mass is 304 g/mol. The fourth-order valence-electron chi connectivity index (χ4n) is 2.96. The number of benzene rings is 1. The third-order valence-electron chi connectivity index (χ3n) is 4.55.